The van der Waals surface area contributed by atoms with Gasteiger partial charge in [-0.05, 0) is 35.1 Å². The zero-order valence-corrected chi connectivity index (χ0v) is 21.2. The number of aryl methyl sites for hydroxylation is 1. The number of ether oxygens (including phenoxy) is 1. The van der Waals surface area contributed by atoms with Gasteiger partial charge in [-0.25, -0.2) is 4.79 Å². The summed E-state index contributed by atoms with van der Waals surface area (Å²) in [5, 5.41) is 10.6. The van der Waals surface area contributed by atoms with Crippen molar-refractivity contribution < 1.29 is 14.3 Å². The van der Waals surface area contributed by atoms with Crippen molar-refractivity contribution in [2.45, 2.75) is 28.8 Å². The monoisotopic (exact) mass is 522 g/mol. The van der Waals surface area contributed by atoms with E-state index < -0.39 is 18.1 Å². The van der Waals surface area contributed by atoms with Crippen LogP contribution in [0.25, 0.3) is 0 Å². The van der Waals surface area contributed by atoms with Gasteiger partial charge in [0.1, 0.15) is 22.1 Å². The van der Waals surface area contributed by atoms with Crippen molar-refractivity contribution in [2.75, 3.05) is 5.75 Å². The summed E-state index contributed by atoms with van der Waals surface area (Å²) in [5.41, 5.74) is 8.68. The standard InChI is InChI=1S/C25H22N4O3S3/c1-15-27-28-25(35-15)33-13-12-18-14-34-23-19(26)22(30)29(23)20(18)24(31)32-21(16-8-4-2-5-9-16)17-10-6-3-7-11-17/h2-13,19,21,23H,14,26H2,1H3. The van der Waals surface area contributed by atoms with Crippen LogP contribution in [0.1, 0.15) is 22.2 Å². The third-order valence-corrected chi connectivity index (χ3v) is 8.66. The number of esters is 1. The molecule has 2 aliphatic rings. The average Bonchev–Trinajstić information content (AvgIpc) is 3.32. The molecule has 3 aromatic rings. The van der Waals surface area contributed by atoms with Crippen molar-refractivity contribution in [3.05, 3.63) is 99.6 Å². The number of thioether (sulfide) groups is 2. The number of hydrogen-bond acceptors (Lipinski definition) is 9. The molecule has 3 heterocycles. The summed E-state index contributed by atoms with van der Waals surface area (Å²) in [7, 11) is 0. The van der Waals surface area contributed by atoms with Crippen LogP contribution in [0.15, 0.2) is 87.8 Å². The highest BCUT2D eigenvalue weighted by Crippen LogP contribution is 2.41. The number of carbonyl (C=O) groups excluding carboxylic acids is 2. The number of carbonyl (C=O) groups is 2. The first kappa shape index (κ1) is 23.8. The molecule has 0 spiro atoms. The fraction of sp³-hybridized carbons (Fsp3) is 0.200. The van der Waals surface area contributed by atoms with Crippen molar-refractivity contribution >= 4 is 46.7 Å². The fourth-order valence-corrected chi connectivity index (χ4v) is 6.74. The van der Waals surface area contributed by atoms with E-state index in [9.17, 15) is 9.59 Å². The Bertz CT molecular complexity index is 1250. The molecule has 2 atom stereocenters. The Hall–Kier alpha value is -2.92. The highest BCUT2D eigenvalue weighted by Gasteiger charge is 2.52. The van der Waals surface area contributed by atoms with Gasteiger partial charge in [0.05, 0.1) is 0 Å². The van der Waals surface area contributed by atoms with E-state index in [1.807, 2.05) is 79.1 Å². The first-order valence-electron chi connectivity index (χ1n) is 10.9. The lowest BCUT2D eigenvalue weighted by Crippen LogP contribution is -2.68. The molecule has 2 aromatic carbocycles. The van der Waals surface area contributed by atoms with Crippen molar-refractivity contribution in [2.24, 2.45) is 5.73 Å². The summed E-state index contributed by atoms with van der Waals surface area (Å²) in [4.78, 5) is 27.8. The van der Waals surface area contributed by atoms with Gasteiger partial charge < -0.3 is 10.5 Å². The lowest BCUT2D eigenvalue weighted by molar-refractivity contribution is -0.153. The van der Waals surface area contributed by atoms with Crippen LogP contribution >= 0.6 is 34.9 Å². The SMILES string of the molecule is Cc1nnc(SC=CC2=C(C(=O)OC(c3ccccc3)c3ccccc3)N3C(=O)C(N)C3SC2)s1. The number of β-lactam (4-membered cyclic amide) rings is 1. The summed E-state index contributed by atoms with van der Waals surface area (Å²) in [6.07, 6.45) is 1.23. The predicted octanol–water partition coefficient (Wildman–Crippen LogP) is 4.28. The van der Waals surface area contributed by atoms with Crippen LogP contribution in [-0.2, 0) is 14.3 Å². The molecule has 2 unspecified atom stereocenters. The maximum atomic E-state index is 13.7. The van der Waals surface area contributed by atoms with Gasteiger partial charge in [0.2, 0.25) is 5.91 Å². The number of amides is 1. The van der Waals surface area contributed by atoms with Gasteiger partial charge in [-0.15, -0.1) is 22.0 Å². The lowest BCUT2D eigenvalue weighted by atomic mass is 10.0. The molecule has 7 nitrogen and oxygen atoms in total. The summed E-state index contributed by atoms with van der Waals surface area (Å²) < 4.78 is 6.90. The van der Waals surface area contributed by atoms with Gasteiger partial charge in [-0.3, -0.25) is 9.69 Å². The Morgan fingerprint density at radius 1 is 1.14 bits per heavy atom. The van der Waals surface area contributed by atoms with Gasteiger partial charge in [0.25, 0.3) is 0 Å². The summed E-state index contributed by atoms with van der Waals surface area (Å²) in [6.45, 7) is 1.90. The van der Waals surface area contributed by atoms with Crippen molar-refractivity contribution in [3.63, 3.8) is 0 Å². The molecule has 0 bridgehead atoms. The minimum atomic E-state index is -0.619. The number of aromatic nitrogens is 2. The third-order valence-electron chi connectivity index (χ3n) is 5.61. The van der Waals surface area contributed by atoms with E-state index in [2.05, 4.69) is 10.2 Å². The Morgan fingerprint density at radius 2 is 1.80 bits per heavy atom. The summed E-state index contributed by atoms with van der Waals surface area (Å²) in [6, 6.07) is 18.5. The van der Waals surface area contributed by atoms with Gasteiger partial charge in [0, 0.05) is 5.75 Å². The van der Waals surface area contributed by atoms with Crippen LogP contribution in [0.3, 0.4) is 0 Å². The van der Waals surface area contributed by atoms with E-state index >= 15 is 0 Å². The summed E-state index contributed by atoms with van der Waals surface area (Å²) >= 11 is 4.46. The van der Waals surface area contributed by atoms with Gasteiger partial charge in [-0.1, -0.05) is 83.8 Å². The molecule has 10 heteroatoms. The van der Waals surface area contributed by atoms with Crippen LogP contribution in [-0.4, -0.2) is 44.1 Å². The molecule has 1 fully saturated rings. The maximum absolute atomic E-state index is 13.7. The zero-order chi connectivity index (χ0) is 24.4. The van der Waals surface area contributed by atoms with Crippen molar-refractivity contribution in [1.29, 1.82) is 0 Å². The zero-order valence-electron chi connectivity index (χ0n) is 18.7. The molecule has 2 N–H and O–H groups in total. The quantitative estimate of drug-likeness (QED) is 0.279. The van der Waals surface area contributed by atoms with Gasteiger partial charge >= 0.3 is 5.97 Å². The molecule has 1 saturated heterocycles. The second kappa shape index (κ2) is 10.4. The number of fused-ring (bicyclic) bond motifs is 1. The number of rotatable bonds is 7. The minimum absolute atomic E-state index is 0.252. The molecule has 35 heavy (non-hydrogen) atoms. The number of hydrogen-bond donors (Lipinski definition) is 1. The molecular weight excluding hydrogens is 501 g/mol. The lowest BCUT2D eigenvalue weighted by Gasteiger charge is -2.48. The molecule has 5 rings (SSSR count). The van der Waals surface area contributed by atoms with E-state index in [0.29, 0.717) is 11.3 Å². The maximum Gasteiger partial charge on any atom is 0.356 e. The van der Waals surface area contributed by atoms with E-state index in [0.717, 1.165) is 20.5 Å². The second-order valence-electron chi connectivity index (χ2n) is 7.92. The highest BCUT2D eigenvalue weighted by atomic mass is 32.2. The Balaban J connectivity index is 1.47. The molecule has 1 aromatic heterocycles. The topological polar surface area (TPSA) is 98.4 Å². The Kier molecular flexibility index (Phi) is 7.05. The van der Waals surface area contributed by atoms with Crippen molar-refractivity contribution in [3.8, 4) is 0 Å². The first-order chi connectivity index (χ1) is 17.0. The third kappa shape index (κ3) is 4.92. The minimum Gasteiger partial charge on any atom is -0.448 e. The second-order valence-corrected chi connectivity index (χ2v) is 11.4. The van der Waals surface area contributed by atoms with E-state index in [-0.39, 0.29) is 17.0 Å². The number of benzene rings is 2. The smallest absolute Gasteiger partial charge is 0.356 e. The number of nitrogens with two attached hydrogens (primary N) is 1. The van der Waals surface area contributed by atoms with Gasteiger partial charge in [0.15, 0.2) is 10.4 Å². The number of allylic oxidation sites excluding steroid dienone is 1. The molecule has 1 amide bonds. The van der Waals surface area contributed by atoms with E-state index in [4.69, 9.17) is 10.5 Å². The van der Waals surface area contributed by atoms with Gasteiger partial charge in [-0.2, -0.15) is 0 Å². The normalized spacial score (nSPS) is 19.7. The van der Waals surface area contributed by atoms with E-state index in [1.54, 1.807) is 11.8 Å². The largest absolute Gasteiger partial charge is 0.448 e. The van der Waals surface area contributed by atoms with Crippen LogP contribution < -0.4 is 5.73 Å². The molecular formula is C25H22N4O3S3. The van der Waals surface area contributed by atoms with Crippen LogP contribution in [0.2, 0.25) is 0 Å². The average molecular weight is 523 g/mol. The Morgan fingerprint density at radius 3 is 2.40 bits per heavy atom. The highest BCUT2D eigenvalue weighted by molar-refractivity contribution is 8.03. The molecule has 2 aliphatic heterocycles. The first-order valence-corrected chi connectivity index (χ1v) is 13.6. The molecule has 0 radical (unpaired) electrons. The van der Waals surface area contributed by atoms with Crippen LogP contribution in [0.5, 0.6) is 0 Å². The molecule has 0 aliphatic carbocycles. The van der Waals surface area contributed by atoms with E-state index in [1.165, 1.54) is 28.0 Å². The van der Waals surface area contributed by atoms with Crippen molar-refractivity contribution in [1.82, 2.24) is 15.1 Å². The predicted molar refractivity (Wildman–Crippen MR) is 139 cm³/mol. The Labute approximate surface area is 215 Å². The molecule has 0 saturated carbocycles. The summed E-state index contributed by atoms with van der Waals surface area (Å²) in [5.74, 6) is -0.284. The van der Waals surface area contributed by atoms with Crippen LogP contribution in [0, 0.1) is 6.92 Å². The molecule has 178 valence electrons. The fourth-order valence-electron chi connectivity index (χ4n) is 3.90. The van der Waals surface area contributed by atoms with Crippen LogP contribution in [0.4, 0.5) is 0 Å². The number of nitrogens with zero attached hydrogens (tertiary/aromatic N) is 3.